The van der Waals surface area contributed by atoms with Crippen LogP contribution in [0, 0.1) is 26.7 Å². The van der Waals surface area contributed by atoms with Crippen molar-refractivity contribution in [2.75, 3.05) is 11.5 Å². The molecule has 0 fully saturated rings. The Kier molecular flexibility index (Phi) is 5.94. The third-order valence-electron chi connectivity index (χ3n) is 2.93. The largest absolute Gasteiger partial charge is 0.298 e. The Balaban J connectivity index is 2.59. The molecule has 100 valence electrons. The van der Waals surface area contributed by atoms with E-state index in [0.29, 0.717) is 23.9 Å². The van der Waals surface area contributed by atoms with E-state index in [-0.39, 0.29) is 0 Å². The zero-order valence-electron chi connectivity index (χ0n) is 12.2. The Bertz CT molecular complexity index is 398. The molecule has 0 amide bonds. The predicted molar refractivity (Wildman–Crippen MR) is 81.5 cm³/mol. The van der Waals surface area contributed by atoms with E-state index in [4.69, 9.17) is 0 Å². The molecule has 2 heteroatoms. The monoisotopic (exact) mass is 264 g/mol. The highest BCUT2D eigenvalue weighted by molar-refractivity contribution is 7.99. The van der Waals surface area contributed by atoms with Crippen LogP contribution >= 0.6 is 11.8 Å². The summed E-state index contributed by atoms with van der Waals surface area (Å²) in [5.74, 6) is 2.71. The number of aryl methyl sites for hydroxylation is 3. The average molecular weight is 264 g/mol. The Morgan fingerprint density at radius 3 is 2.22 bits per heavy atom. The predicted octanol–water partition coefficient (Wildman–Crippen LogP) is 4.11. The van der Waals surface area contributed by atoms with Crippen LogP contribution in [0.3, 0.4) is 0 Å². The Hall–Kier alpha value is -0.760. The fraction of sp³-hybridized carbons (Fsp3) is 0.562. The molecule has 0 heterocycles. The number of carbonyl (C=O) groups excluding carboxylic acids is 1. The van der Waals surface area contributed by atoms with E-state index in [1.54, 1.807) is 11.8 Å². The summed E-state index contributed by atoms with van der Waals surface area (Å²) in [5.41, 5.74) is 4.98. The average Bonchev–Trinajstić information content (AvgIpc) is 2.22. The lowest BCUT2D eigenvalue weighted by molar-refractivity contribution is -0.116. The van der Waals surface area contributed by atoms with E-state index in [2.05, 4.69) is 46.8 Å². The standard InChI is InChI=1S/C16H24OS/c1-11(2)9-18-10-15(17)8-16-13(4)6-12(3)7-14(16)5/h6-7,11H,8-10H2,1-5H3. The molecule has 0 aliphatic carbocycles. The van der Waals surface area contributed by atoms with Gasteiger partial charge in [0.2, 0.25) is 0 Å². The molecule has 0 saturated heterocycles. The number of ketones is 1. The maximum Gasteiger partial charge on any atom is 0.147 e. The van der Waals surface area contributed by atoms with Crippen LogP contribution in [0.2, 0.25) is 0 Å². The van der Waals surface area contributed by atoms with Gasteiger partial charge in [-0.3, -0.25) is 4.79 Å². The molecule has 1 aromatic rings. The van der Waals surface area contributed by atoms with E-state index in [1.807, 2.05) is 0 Å². The van der Waals surface area contributed by atoms with Crippen molar-refractivity contribution >= 4 is 17.5 Å². The molecule has 18 heavy (non-hydrogen) atoms. The molecule has 0 N–H and O–H groups in total. The molecule has 0 unspecified atom stereocenters. The lowest BCUT2D eigenvalue weighted by atomic mass is 9.96. The summed E-state index contributed by atoms with van der Waals surface area (Å²) in [4.78, 5) is 12.0. The first-order chi connectivity index (χ1) is 8.40. The van der Waals surface area contributed by atoms with Crippen LogP contribution in [-0.2, 0) is 11.2 Å². The summed E-state index contributed by atoms with van der Waals surface area (Å²) in [6.07, 6.45) is 0.586. The van der Waals surface area contributed by atoms with Gasteiger partial charge in [0.25, 0.3) is 0 Å². The van der Waals surface area contributed by atoms with Crippen LogP contribution < -0.4 is 0 Å². The summed E-state index contributed by atoms with van der Waals surface area (Å²) < 4.78 is 0. The third kappa shape index (κ3) is 4.85. The first kappa shape index (κ1) is 15.3. The summed E-state index contributed by atoms with van der Waals surface area (Å²) in [6, 6.07) is 4.33. The van der Waals surface area contributed by atoms with Crippen LogP contribution in [0.5, 0.6) is 0 Å². The van der Waals surface area contributed by atoms with E-state index in [0.717, 1.165) is 5.75 Å². The summed E-state index contributed by atoms with van der Waals surface area (Å²) >= 11 is 1.75. The highest BCUT2D eigenvalue weighted by Crippen LogP contribution is 2.18. The number of hydrogen-bond acceptors (Lipinski definition) is 2. The summed E-state index contributed by atoms with van der Waals surface area (Å²) in [7, 11) is 0. The molecule has 0 saturated carbocycles. The van der Waals surface area contributed by atoms with Gasteiger partial charge in [-0.15, -0.1) is 0 Å². The minimum absolute atomic E-state index is 0.343. The normalized spacial score (nSPS) is 11.0. The van der Waals surface area contributed by atoms with Gasteiger partial charge in [0, 0.05) is 6.42 Å². The quantitative estimate of drug-likeness (QED) is 0.769. The van der Waals surface area contributed by atoms with Gasteiger partial charge in [0.05, 0.1) is 5.75 Å². The maximum atomic E-state index is 12.0. The van der Waals surface area contributed by atoms with Crippen molar-refractivity contribution in [2.45, 2.75) is 41.0 Å². The second-order valence-corrected chi connectivity index (χ2v) is 6.53. The van der Waals surface area contributed by atoms with Gasteiger partial charge in [-0.2, -0.15) is 11.8 Å². The van der Waals surface area contributed by atoms with Crippen molar-refractivity contribution in [1.82, 2.24) is 0 Å². The number of hydrogen-bond donors (Lipinski definition) is 0. The highest BCUT2D eigenvalue weighted by Gasteiger charge is 2.09. The van der Waals surface area contributed by atoms with Crippen molar-refractivity contribution in [3.8, 4) is 0 Å². The van der Waals surface area contributed by atoms with E-state index < -0.39 is 0 Å². The molecule has 1 aromatic carbocycles. The van der Waals surface area contributed by atoms with Crippen molar-refractivity contribution in [3.05, 3.63) is 34.4 Å². The third-order valence-corrected chi connectivity index (χ3v) is 4.36. The smallest absolute Gasteiger partial charge is 0.147 e. The SMILES string of the molecule is Cc1cc(C)c(CC(=O)CSCC(C)C)c(C)c1. The first-order valence-electron chi connectivity index (χ1n) is 6.56. The molecule has 0 aliphatic heterocycles. The number of thioether (sulfide) groups is 1. The zero-order chi connectivity index (χ0) is 13.7. The molecule has 0 atom stereocenters. The molecule has 0 aromatic heterocycles. The second kappa shape index (κ2) is 6.98. The van der Waals surface area contributed by atoms with E-state index in [9.17, 15) is 4.79 Å². The first-order valence-corrected chi connectivity index (χ1v) is 7.71. The maximum absolute atomic E-state index is 12.0. The number of rotatable bonds is 6. The molecule has 0 radical (unpaired) electrons. The molecule has 0 aliphatic rings. The van der Waals surface area contributed by atoms with Crippen molar-refractivity contribution in [2.24, 2.45) is 5.92 Å². The Morgan fingerprint density at radius 1 is 1.17 bits per heavy atom. The van der Waals surface area contributed by atoms with E-state index in [1.165, 1.54) is 22.3 Å². The minimum atomic E-state index is 0.343. The van der Waals surface area contributed by atoms with E-state index >= 15 is 0 Å². The van der Waals surface area contributed by atoms with Crippen molar-refractivity contribution in [1.29, 1.82) is 0 Å². The van der Waals surface area contributed by atoms with Gasteiger partial charge in [-0.1, -0.05) is 31.5 Å². The van der Waals surface area contributed by atoms with Gasteiger partial charge in [-0.05, 0) is 49.1 Å². The fourth-order valence-electron chi connectivity index (χ4n) is 2.15. The molecule has 1 rings (SSSR count). The zero-order valence-corrected chi connectivity index (χ0v) is 13.0. The molecular formula is C16H24OS. The van der Waals surface area contributed by atoms with Gasteiger partial charge >= 0.3 is 0 Å². The summed E-state index contributed by atoms with van der Waals surface area (Å²) in [5, 5.41) is 0. The molecule has 0 spiro atoms. The topological polar surface area (TPSA) is 17.1 Å². The van der Waals surface area contributed by atoms with Crippen LogP contribution in [0.25, 0.3) is 0 Å². The lowest BCUT2D eigenvalue weighted by Crippen LogP contribution is -2.09. The van der Waals surface area contributed by atoms with Gasteiger partial charge in [0.15, 0.2) is 0 Å². The van der Waals surface area contributed by atoms with Crippen LogP contribution in [0.1, 0.15) is 36.1 Å². The Morgan fingerprint density at radius 2 is 1.72 bits per heavy atom. The van der Waals surface area contributed by atoms with Crippen molar-refractivity contribution in [3.63, 3.8) is 0 Å². The number of Topliss-reactive ketones (excluding diaryl/α,β-unsaturated/α-hetero) is 1. The minimum Gasteiger partial charge on any atom is -0.298 e. The van der Waals surface area contributed by atoms with Crippen LogP contribution in [-0.4, -0.2) is 17.3 Å². The molecular weight excluding hydrogens is 240 g/mol. The second-order valence-electron chi connectivity index (χ2n) is 5.50. The lowest BCUT2D eigenvalue weighted by Gasteiger charge is -2.11. The summed E-state index contributed by atoms with van der Waals surface area (Å²) in [6.45, 7) is 10.7. The number of carbonyl (C=O) groups is 1. The highest BCUT2D eigenvalue weighted by atomic mass is 32.2. The van der Waals surface area contributed by atoms with Gasteiger partial charge in [-0.25, -0.2) is 0 Å². The fourth-order valence-corrected chi connectivity index (χ4v) is 3.06. The number of benzene rings is 1. The van der Waals surface area contributed by atoms with Crippen LogP contribution in [0.15, 0.2) is 12.1 Å². The van der Waals surface area contributed by atoms with Crippen LogP contribution in [0.4, 0.5) is 0 Å². The van der Waals surface area contributed by atoms with Crippen molar-refractivity contribution < 1.29 is 4.79 Å². The molecule has 0 bridgehead atoms. The molecule has 1 nitrogen and oxygen atoms in total. The van der Waals surface area contributed by atoms with Gasteiger partial charge < -0.3 is 0 Å². The van der Waals surface area contributed by atoms with Gasteiger partial charge in [0.1, 0.15) is 5.78 Å². The Labute approximate surface area is 115 Å².